The van der Waals surface area contributed by atoms with E-state index in [0.29, 0.717) is 33.5 Å². The van der Waals surface area contributed by atoms with Gasteiger partial charge in [0.25, 0.3) is 23.4 Å². The predicted molar refractivity (Wildman–Crippen MR) is 113 cm³/mol. The van der Waals surface area contributed by atoms with Gasteiger partial charge in [-0.25, -0.2) is 0 Å². The summed E-state index contributed by atoms with van der Waals surface area (Å²) in [6.45, 7) is 1.72. The largest absolute Gasteiger partial charge is 0.322 e. The molecule has 0 atom stereocenters. The number of nitrogens with zero attached hydrogens (tertiary/aromatic N) is 2. The Morgan fingerprint density at radius 1 is 0.968 bits per heavy atom. The van der Waals surface area contributed by atoms with Gasteiger partial charge >= 0.3 is 0 Å². The molecule has 0 radical (unpaired) electrons. The maximum Gasteiger partial charge on any atom is 0.274 e. The molecule has 0 fully saturated rings. The van der Waals surface area contributed by atoms with Crippen molar-refractivity contribution in [2.75, 3.05) is 5.32 Å². The van der Waals surface area contributed by atoms with Crippen molar-refractivity contribution in [2.24, 2.45) is 0 Å². The minimum atomic E-state index is -0.501. The summed E-state index contributed by atoms with van der Waals surface area (Å²) in [5.41, 5.74) is 2.55. The Morgan fingerprint density at radius 3 is 2.16 bits per heavy atom. The summed E-state index contributed by atoms with van der Waals surface area (Å²) in [6.07, 6.45) is 0. The van der Waals surface area contributed by atoms with Gasteiger partial charge in [-0.1, -0.05) is 30.3 Å². The molecule has 1 N–H and O–H groups in total. The van der Waals surface area contributed by atoms with Crippen LogP contribution in [0.1, 0.15) is 42.2 Å². The van der Waals surface area contributed by atoms with Crippen molar-refractivity contribution in [3.8, 4) is 0 Å². The fourth-order valence-electron chi connectivity index (χ4n) is 3.41. The van der Waals surface area contributed by atoms with Gasteiger partial charge in [-0.05, 0) is 42.8 Å². The number of nitrogens with one attached hydrogen (secondary N) is 1. The van der Waals surface area contributed by atoms with E-state index in [9.17, 15) is 24.5 Å². The lowest BCUT2D eigenvalue weighted by atomic mass is 10.1. The Morgan fingerprint density at radius 2 is 1.58 bits per heavy atom. The first-order chi connectivity index (χ1) is 14.8. The molecule has 31 heavy (non-hydrogen) atoms. The van der Waals surface area contributed by atoms with Crippen molar-refractivity contribution < 1.29 is 19.3 Å². The summed E-state index contributed by atoms with van der Waals surface area (Å²) in [7, 11) is 0. The predicted octanol–water partition coefficient (Wildman–Crippen LogP) is 3.95. The summed E-state index contributed by atoms with van der Waals surface area (Å²) in [6, 6.07) is 17.6. The van der Waals surface area contributed by atoms with Crippen LogP contribution in [0.4, 0.5) is 11.4 Å². The van der Waals surface area contributed by atoms with Gasteiger partial charge in [0.2, 0.25) is 0 Å². The molecule has 4 rings (SSSR count). The van der Waals surface area contributed by atoms with Crippen molar-refractivity contribution in [3.05, 3.63) is 105 Å². The van der Waals surface area contributed by atoms with E-state index in [-0.39, 0.29) is 24.0 Å². The number of aryl methyl sites for hydroxylation is 1. The molecule has 8 heteroatoms. The van der Waals surface area contributed by atoms with Crippen LogP contribution in [-0.2, 0) is 6.54 Å². The van der Waals surface area contributed by atoms with Gasteiger partial charge in [0, 0.05) is 22.9 Å². The molecule has 8 nitrogen and oxygen atoms in total. The van der Waals surface area contributed by atoms with Crippen LogP contribution in [0.25, 0.3) is 0 Å². The summed E-state index contributed by atoms with van der Waals surface area (Å²) in [4.78, 5) is 49.2. The van der Waals surface area contributed by atoms with Crippen molar-refractivity contribution >= 4 is 29.1 Å². The molecule has 1 heterocycles. The van der Waals surface area contributed by atoms with E-state index in [1.54, 1.807) is 67.6 Å². The third-order valence-electron chi connectivity index (χ3n) is 5.10. The van der Waals surface area contributed by atoms with Gasteiger partial charge in [0.15, 0.2) is 0 Å². The molecule has 0 aromatic heterocycles. The Hall–Kier alpha value is -4.33. The highest BCUT2D eigenvalue weighted by molar-refractivity contribution is 6.21. The molecular formula is C23H17N3O5. The third kappa shape index (κ3) is 3.78. The van der Waals surface area contributed by atoms with E-state index in [1.165, 1.54) is 11.0 Å². The number of amides is 3. The van der Waals surface area contributed by atoms with Crippen LogP contribution in [-0.4, -0.2) is 27.5 Å². The van der Waals surface area contributed by atoms with Crippen LogP contribution in [0.3, 0.4) is 0 Å². The quantitative estimate of drug-likeness (QED) is 0.385. The number of anilines is 1. The zero-order valence-corrected chi connectivity index (χ0v) is 16.5. The Balaban J connectivity index is 1.46. The number of carbonyl (C=O) groups is 3. The lowest BCUT2D eigenvalue weighted by Gasteiger charge is -2.14. The molecule has 1 aliphatic heterocycles. The summed E-state index contributed by atoms with van der Waals surface area (Å²) >= 11 is 0. The number of hydrogen-bond donors (Lipinski definition) is 1. The van der Waals surface area contributed by atoms with Crippen molar-refractivity contribution in [2.45, 2.75) is 13.5 Å². The van der Waals surface area contributed by atoms with Crippen LogP contribution in [0.2, 0.25) is 0 Å². The monoisotopic (exact) mass is 415 g/mol. The first-order valence-electron chi connectivity index (χ1n) is 9.45. The molecule has 3 aromatic rings. The van der Waals surface area contributed by atoms with E-state index < -0.39 is 10.8 Å². The standard InChI is InChI=1S/C23H17N3O5/c1-14-6-11-17(12-20(14)26(30)31)24-21(27)16-9-7-15(8-10-16)13-25-22(28)18-4-2-3-5-19(18)23(25)29/h2-12H,13H2,1H3,(H,24,27). The molecule has 0 spiro atoms. The second kappa shape index (κ2) is 7.83. The van der Waals surface area contributed by atoms with Gasteiger partial charge in [-0.3, -0.25) is 29.4 Å². The fourth-order valence-corrected chi connectivity index (χ4v) is 3.41. The number of nitro groups is 1. The molecule has 3 amide bonds. The van der Waals surface area contributed by atoms with Crippen LogP contribution in [0.15, 0.2) is 66.7 Å². The number of nitro benzene ring substituents is 1. The average Bonchev–Trinajstić information content (AvgIpc) is 3.00. The smallest absolute Gasteiger partial charge is 0.274 e. The lowest BCUT2D eigenvalue weighted by molar-refractivity contribution is -0.385. The second-order valence-electron chi connectivity index (χ2n) is 7.15. The van der Waals surface area contributed by atoms with E-state index in [0.717, 1.165) is 0 Å². The molecule has 3 aromatic carbocycles. The zero-order chi connectivity index (χ0) is 22.1. The van der Waals surface area contributed by atoms with Crippen LogP contribution >= 0.6 is 0 Å². The van der Waals surface area contributed by atoms with Crippen molar-refractivity contribution in [1.82, 2.24) is 4.90 Å². The van der Waals surface area contributed by atoms with E-state index in [2.05, 4.69) is 5.32 Å². The van der Waals surface area contributed by atoms with Gasteiger partial charge in [0.1, 0.15) is 0 Å². The Labute approximate surface area is 177 Å². The number of fused-ring (bicyclic) bond motifs is 1. The second-order valence-corrected chi connectivity index (χ2v) is 7.15. The highest BCUT2D eigenvalue weighted by Gasteiger charge is 2.34. The van der Waals surface area contributed by atoms with Crippen LogP contribution in [0, 0.1) is 17.0 Å². The summed E-state index contributed by atoms with van der Waals surface area (Å²) in [5.74, 6) is -1.11. The minimum absolute atomic E-state index is 0.0749. The fraction of sp³-hybridized carbons (Fsp3) is 0.0870. The van der Waals surface area contributed by atoms with Gasteiger partial charge in [-0.2, -0.15) is 0 Å². The molecule has 0 aliphatic carbocycles. The number of carbonyl (C=O) groups excluding carboxylic acids is 3. The first-order valence-corrected chi connectivity index (χ1v) is 9.45. The van der Waals surface area contributed by atoms with E-state index >= 15 is 0 Å². The maximum absolute atomic E-state index is 12.5. The highest BCUT2D eigenvalue weighted by atomic mass is 16.6. The molecule has 0 bridgehead atoms. The number of imide groups is 1. The number of benzene rings is 3. The van der Waals surface area contributed by atoms with Crippen LogP contribution in [0.5, 0.6) is 0 Å². The average molecular weight is 415 g/mol. The van der Waals surface area contributed by atoms with Gasteiger partial charge in [-0.15, -0.1) is 0 Å². The lowest BCUT2D eigenvalue weighted by Crippen LogP contribution is -2.29. The molecule has 0 saturated heterocycles. The summed E-state index contributed by atoms with van der Waals surface area (Å²) < 4.78 is 0. The molecule has 1 aliphatic rings. The van der Waals surface area contributed by atoms with E-state index in [1.807, 2.05) is 0 Å². The Bertz CT molecular complexity index is 1200. The van der Waals surface area contributed by atoms with Crippen molar-refractivity contribution in [1.29, 1.82) is 0 Å². The third-order valence-corrected chi connectivity index (χ3v) is 5.10. The Kier molecular flexibility index (Phi) is 5.04. The maximum atomic E-state index is 12.5. The summed E-state index contributed by atoms with van der Waals surface area (Å²) in [5, 5.41) is 13.7. The number of hydrogen-bond acceptors (Lipinski definition) is 5. The minimum Gasteiger partial charge on any atom is -0.322 e. The molecule has 0 saturated carbocycles. The van der Waals surface area contributed by atoms with Crippen LogP contribution < -0.4 is 5.32 Å². The first kappa shape index (κ1) is 20.0. The highest BCUT2D eigenvalue weighted by Crippen LogP contribution is 2.25. The zero-order valence-electron chi connectivity index (χ0n) is 16.5. The molecule has 0 unspecified atom stereocenters. The normalized spacial score (nSPS) is 12.6. The molecule has 154 valence electrons. The number of rotatable bonds is 5. The van der Waals surface area contributed by atoms with Gasteiger partial charge in [0.05, 0.1) is 22.6 Å². The molecular weight excluding hydrogens is 398 g/mol. The van der Waals surface area contributed by atoms with Gasteiger partial charge < -0.3 is 5.32 Å². The topological polar surface area (TPSA) is 110 Å². The van der Waals surface area contributed by atoms with Crippen molar-refractivity contribution in [3.63, 3.8) is 0 Å². The SMILES string of the molecule is Cc1ccc(NC(=O)c2ccc(CN3C(=O)c4ccccc4C3=O)cc2)cc1[N+](=O)[O-]. The van der Waals surface area contributed by atoms with E-state index in [4.69, 9.17) is 0 Å².